The quantitative estimate of drug-likeness (QED) is 0.123. The highest BCUT2D eigenvalue weighted by molar-refractivity contribution is 7.81. The van der Waals surface area contributed by atoms with E-state index in [9.17, 15) is 37.6 Å². The molecular weight excluding hydrogens is 784 g/mol. The van der Waals surface area contributed by atoms with Crippen molar-refractivity contribution in [2.75, 3.05) is 52.7 Å². The molecule has 302 valence electrons. The van der Waals surface area contributed by atoms with Crippen LogP contribution in [0.1, 0.15) is 55.7 Å². The maximum Gasteiger partial charge on any atom is 0.417 e. The minimum atomic E-state index is -4.79. The van der Waals surface area contributed by atoms with Gasteiger partial charge in [-0.1, -0.05) is 12.1 Å². The van der Waals surface area contributed by atoms with Gasteiger partial charge < -0.3 is 19.5 Å². The fourth-order valence-electron chi connectivity index (χ4n) is 8.20. The van der Waals surface area contributed by atoms with Gasteiger partial charge in [0.05, 0.1) is 35.1 Å². The molecule has 8 rings (SSSR count). The Labute approximate surface area is 342 Å². The van der Waals surface area contributed by atoms with E-state index in [0.717, 1.165) is 70.6 Å². The van der Waals surface area contributed by atoms with Crippen molar-refractivity contribution in [1.29, 1.82) is 5.26 Å². The van der Waals surface area contributed by atoms with Gasteiger partial charge >= 0.3 is 6.18 Å². The van der Waals surface area contributed by atoms with Crippen molar-refractivity contribution >= 4 is 85.5 Å². The molecule has 0 bridgehead atoms. The predicted octanol–water partition coefficient (Wildman–Crippen LogP) is 7.06. The molecule has 0 aliphatic carbocycles. The Bertz CT molecular complexity index is 2590. The molecule has 59 heavy (non-hydrogen) atoms. The zero-order valence-electron chi connectivity index (χ0n) is 32.1. The van der Waals surface area contributed by atoms with E-state index >= 15 is 0 Å². The first-order valence-corrected chi connectivity index (χ1v) is 19.5. The molecule has 1 aromatic heterocycles. The van der Waals surface area contributed by atoms with Crippen LogP contribution in [0.2, 0.25) is 0 Å². The van der Waals surface area contributed by atoms with Crippen LogP contribution in [-0.2, 0) is 25.4 Å². The molecule has 3 fully saturated rings. The van der Waals surface area contributed by atoms with Crippen LogP contribution < -0.4 is 25.3 Å². The van der Waals surface area contributed by atoms with Crippen LogP contribution in [-0.4, -0.2) is 71.9 Å². The van der Waals surface area contributed by atoms with Gasteiger partial charge in [0.1, 0.15) is 11.1 Å². The molecular formula is C43H38F3N7O5S. The third kappa shape index (κ3) is 7.36. The van der Waals surface area contributed by atoms with Crippen LogP contribution in [0.5, 0.6) is 0 Å². The number of carbonyl (C=O) groups is 4. The lowest BCUT2D eigenvalue weighted by molar-refractivity contribution is -0.138. The second-order valence-corrected chi connectivity index (χ2v) is 15.7. The summed E-state index contributed by atoms with van der Waals surface area (Å²) >= 11 is 5.68. The number of amides is 4. The lowest BCUT2D eigenvalue weighted by Gasteiger charge is -2.36. The molecule has 2 N–H and O–H groups in total. The lowest BCUT2D eigenvalue weighted by Crippen LogP contribution is -2.47. The molecule has 16 heteroatoms. The molecule has 12 nitrogen and oxygen atoms in total. The number of nitrogens with zero attached hydrogens (tertiary/aromatic N) is 5. The van der Waals surface area contributed by atoms with E-state index in [1.807, 2.05) is 54.6 Å². The van der Waals surface area contributed by atoms with Gasteiger partial charge in [-0.25, -0.2) is 0 Å². The Morgan fingerprint density at radius 3 is 2.37 bits per heavy atom. The second-order valence-electron chi connectivity index (χ2n) is 15.4. The number of fused-ring (bicyclic) bond motifs is 3. The Morgan fingerprint density at radius 1 is 0.966 bits per heavy atom. The number of hydrogen-bond acceptors (Lipinski definition) is 9. The number of halogens is 3. The number of anilines is 4. The van der Waals surface area contributed by atoms with Gasteiger partial charge in [0.15, 0.2) is 5.11 Å². The number of carbonyl (C=O) groups excluding carboxylic acids is 4. The van der Waals surface area contributed by atoms with Crippen molar-refractivity contribution < 1.29 is 36.8 Å². The fraction of sp³-hybridized carbons (Fsp3) is 0.302. The van der Waals surface area contributed by atoms with E-state index in [2.05, 4.69) is 20.4 Å². The van der Waals surface area contributed by atoms with Crippen molar-refractivity contribution in [3.05, 3.63) is 95.7 Å². The number of nitrogens with one attached hydrogen (secondary N) is 2. The minimum Gasteiger partial charge on any atom is -0.464 e. The smallest absolute Gasteiger partial charge is 0.417 e. The van der Waals surface area contributed by atoms with Crippen LogP contribution in [0.4, 0.5) is 35.9 Å². The summed E-state index contributed by atoms with van der Waals surface area (Å²) in [5.74, 6) is -1.70. The summed E-state index contributed by atoms with van der Waals surface area (Å²) < 4.78 is 47.0. The zero-order valence-corrected chi connectivity index (χ0v) is 32.9. The monoisotopic (exact) mass is 821 g/mol. The molecule has 0 radical (unpaired) electrons. The van der Waals surface area contributed by atoms with Gasteiger partial charge in [-0.05, 0) is 104 Å². The van der Waals surface area contributed by atoms with Crippen LogP contribution >= 0.6 is 12.2 Å². The largest absolute Gasteiger partial charge is 0.464 e. The molecule has 0 saturated carbocycles. The number of piperazine rings is 1. The summed E-state index contributed by atoms with van der Waals surface area (Å²) in [6, 6.07) is 21.6. The van der Waals surface area contributed by atoms with E-state index < -0.39 is 34.7 Å². The van der Waals surface area contributed by atoms with Gasteiger partial charge in [0.25, 0.3) is 5.91 Å². The van der Waals surface area contributed by atoms with Crippen LogP contribution in [0, 0.1) is 11.3 Å². The van der Waals surface area contributed by atoms with Crippen molar-refractivity contribution in [2.24, 2.45) is 0 Å². The fourth-order valence-corrected chi connectivity index (χ4v) is 8.72. The molecule has 4 amide bonds. The second kappa shape index (κ2) is 15.1. The summed E-state index contributed by atoms with van der Waals surface area (Å²) in [4.78, 5) is 58.1. The van der Waals surface area contributed by atoms with Crippen molar-refractivity contribution in [3.8, 4) is 6.07 Å². The average molecular weight is 822 g/mol. The number of nitriles is 1. The first-order chi connectivity index (χ1) is 28.1. The Hall–Kier alpha value is -6.31. The lowest BCUT2D eigenvalue weighted by atomic mass is 9.89. The van der Waals surface area contributed by atoms with Gasteiger partial charge in [-0.2, -0.15) is 18.4 Å². The zero-order chi connectivity index (χ0) is 41.8. The Balaban J connectivity index is 0.862. The molecule has 5 aromatic rings. The van der Waals surface area contributed by atoms with Crippen LogP contribution in [0.15, 0.2) is 83.5 Å². The van der Waals surface area contributed by atoms with Gasteiger partial charge in [0.2, 0.25) is 17.7 Å². The number of rotatable bonds is 8. The molecule has 1 atom stereocenters. The Morgan fingerprint density at radius 2 is 1.68 bits per heavy atom. The number of hydrogen-bond donors (Lipinski definition) is 2. The van der Waals surface area contributed by atoms with Gasteiger partial charge in [-0.15, -0.1) is 0 Å². The molecule has 0 unspecified atom stereocenters. The molecule has 3 aliphatic rings. The molecule has 3 saturated heterocycles. The highest BCUT2D eigenvalue weighted by atomic mass is 32.1. The van der Waals surface area contributed by atoms with Crippen LogP contribution in [0.25, 0.3) is 21.7 Å². The number of alkyl halides is 3. The van der Waals surface area contributed by atoms with E-state index in [1.54, 1.807) is 31.1 Å². The maximum absolute atomic E-state index is 13.7. The van der Waals surface area contributed by atoms with Crippen molar-refractivity contribution in [3.63, 3.8) is 0 Å². The van der Waals surface area contributed by atoms with E-state index in [1.165, 1.54) is 6.07 Å². The summed E-state index contributed by atoms with van der Waals surface area (Å²) in [6.07, 6.45) is -2.23. The molecule has 0 spiro atoms. The summed E-state index contributed by atoms with van der Waals surface area (Å²) in [5, 5.41) is 17.3. The highest BCUT2D eigenvalue weighted by Gasteiger charge is 2.50. The SMILES string of the molecule is CC1(C)C(=O)N(c2ccc(C#N)c(C(F)(F)F)c2)C(=S)N1c1ccc(N2CCN(CCC(=O)Nc3ccc4c(ccc5occ([C@@H]6CCC(=O)NC6=O)c54)c3)CC2)cc1. The van der Waals surface area contributed by atoms with Gasteiger partial charge in [-0.3, -0.25) is 34.3 Å². The topological polar surface area (TPSA) is 142 Å². The number of furan rings is 1. The molecule has 4 aromatic carbocycles. The van der Waals surface area contributed by atoms with E-state index in [-0.39, 0.29) is 34.9 Å². The standard InChI is InChI=1S/C43H38F3N7O5S/c1-42(2)40(57)52(30-6-3-26(23-47)34(22-30)43(44,45)46)41(59)53(42)29-9-7-28(8-10-29)51-19-17-50(18-20-51)16-15-37(55)48-27-5-11-31-25(21-27)4-13-35-38(31)33(24-58-35)32-12-14-36(54)49-39(32)56/h3-11,13,21-22,24,32H,12,14-20H2,1-2H3,(H,48,55)(H,49,54,56)/t32-/m0/s1. The first kappa shape index (κ1) is 39.5. The summed E-state index contributed by atoms with van der Waals surface area (Å²) in [6.45, 7) is 6.80. The van der Waals surface area contributed by atoms with E-state index in [4.69, 9.17) is 16.6 Å². The van der Waals surface area contributed by atoms with E-state index in [0.29, 0.717) is 36.3 Å². The number of piperidine rings is 1. The highest BCUT2D eigenvalue weighted by Crippen LogP contribution is 2.41. The summed E-state index contributed by atoms with van der Waals surface area (Å²) in [5.41, 5.74) is 0.640. The molecule has 4 heterocycles. The van der Waals surface area contributed by atoms with Gasteiger partial charge in [0, 0.05) is 73.6 Å². The summed E-state index contributed by atoms with van der Waals surface area (Å²) in [7, 11) is 0. The number of imide groups is 1. The number of thiocarbonyl (C=S) groups is 1. The average Bonchev–Trinajstić information content (AvgIpc) is 3.71. The molecule has 3 aliphatic heterocycles. The first-order valence-electron chi connectivity index (χ1n) is 19.1. The normalized spacial score (nSPS) is 18.8. The predicted molar refractivity (Wildman–Crippen MR) is 220 cm³/mol. The van der Waals surface area contributed by atoms with Crippen LogP contribution in [0.3, 0.4) is 0 Å². The Kier molecular flexibility index (Phi) is 10.1. The minimum absolute atomic E-state index is 0.0279. The maximum atomic E-state index is 13.7. The van der Waals surface area contributed by atoms with Crippen molar-refractivity contribution in [2.45, 2.75) is 50.7 Å². The van der Waals surface area contributed by atoms with Crippen molar-refractivity contribution in [1.82, 2.24) is 10.2 Å². The third-order valence-electron chi connectivity index (χ3n) is 11.3. The third-order valence-corrected chi connectivity index (χ3v) is 11.7. The number of benzene rings is 4.